The molecule has 0 bridgehead atoms. The van der Waals surface area contributed by atoms with Gasteiger partial charge in [0.05, 0.1) is 0 Å². The molecule has 126 valence electrons. The van der Waals surface area contributed by atoms with E-state index in [1.807, 2.05) is 0 Å². The molecule has 0 atom stereocenters. The fraction of sp³-hybridized carbons (Fsp3) is 0.438. The molecule has 23 heavy (non-hydrogen) atoms. The van der Waals surface area contributed by atoms with Gasteiger partial charge in [0, 0.05) is 24.2 Å². The number of primary amides is 1. The topological polar surface area (TPSA) is 111 Å². The maximum absolute atomic E-state index is 11.8. The van der Waals surface area contributed by atoms with Crippen LogP contribution in [0.3, 0.4) is 0 Å². The lowest BCUT2D eigenvalue weighted by Crippen LogP contribution is -2.33. The normalized spacial score (nSPS) is 10.7. The average molecular weight is 321 g/mol. The van der Waals surface area contributed by atoms with Gasteiger partial charge in [0.25, 0.3) is 0 Å². The second kappa shape index (κ2) is 8.17. The van der Waals surface area contributed by atoms with Crippen molar-refractivity contribution in [1.29, 1.82) is 0 Å². The van der Waals surface area contributed by atoms with Crippen molar-refractivity contribution in [2.75, 3.05) is 11.9 Å². The fourth-order valence-electron chi connectivity index (χ4n) is 1.69. The molecule has 0 aliphatic carbocycles. The van der Waals surface area contributed by atoms with Crippen LogP contribution in [0.15, 0.2) is 24.3 Å². The van der Waals surface area contributed by atoms with E-state index in [1.165, 1.54) is 0 Å². The third-order valence-electron chi connectivity index (χ3n) is 2.70. The van der Waals surface area contributed by atoms with E-state index < -0.39 is 17.6 Å². The first-order valence-electron chi connectivity index (χ1n) is 7.34. The zero-order valence-corrected chi connectivity index (χ0v) is 13.6. The number of benzene rings is 1. The van der Waals surface area contributed by atoms with E-state index in [1.54, 1.807) is 45.0 Å². The molecule has 7 nitrogen and oxygen atoms in total. The predicted octanol–water partition coefficient (Wildman–Crippen LogP) is 2.03. The molecular weight excluding hydrogens is 298 g/mol. The zero-order chi connectivity index (χ0) is 17.5. The lowest BCUT2D eigenvalue weighted by molar-refractivity contribution is -0.116. The van der Waals surface area contributed by atoms with E-state index in [9.17, 15) is 14.4 Å². The highest BCUT2D eigenvalue weighted by molar-refractivity contribution is 5.94. The number of nitrogens with one attached hydrogen (secondary N) is 2. The quantitative estimate of drug-likeness (QED) is 0.696. The maximum Gasteiger partial charge on any atom is 0.407 e. The Labute approximate surface area is 135 Å². The third-order valence-corrected chi connectivity index (χ3v) is 2.70. The van der Waals surface area contributed by atoms with Crippen molar-refractivity contribution in [2.24, 2.45) is 5.73 Å². The second-order valence-electron chi connectivity index (χ2n) is 6.02. The summed E-state index contributed by atoms with van der Waals surface area (Å²) in [4.78, 5) is 34.1. The standard InChI is InChI=1S/C16H23N3O4/c1-16(2,3)23-15(22)18-10-4-5-13(20)19-12-8-6-11(7-9-12)14(17)21/h6-9H,4-5,10H2,1-3H3,(H2,17,21)(H,18,22)(H,19,20). The van der Waals surface area contributed by atoms with E-state index in [4.69, 9.17) is 10.5 Å². The van der Waals surface area contributed by atoms with E-state index in [0.29, 0.717) is 24.2 Å². The van der Waals surface area contributed by atoms with Crippen molar-refractivity contribution in [1.82, 2.24) is 5.32 Å². The summed E-state index contributed by atoms with van der Waals surface area (Å²) in [7, 11) is 0. The zero-order valence-electron chi connectivity index (χ0n) is 13.6. The van der Waals surface area contributed by atoms with Crippen LogP contribution in [0.5, 0.6) is 0 Å². The van der Waals surface area contributed by atoms with Gasteiger partial charge in [0.15, 0.2) is 0 Å². The summed E-state index contributed by atoms with van der Waals surface area (Å²) in [5.74, 6) is -0.695. The minimum Gasteiger partial charge on any atom is -0.444 e. The number of anilines is 1. The van der Waals surface area contributed by atoms with Crippen LogP contribution in [0.4, 0.5) is 10.5 Å². The molecule has 0 saturated heterocycles. The number of amides is 3. The average Bonchev–Trinajstić information content (AvgIpc) is 2.42. The van der Waals surface area contributed by atoms with Gasteiger partial charge in [-0.2, -0.15) is 0 Å². The molecule has 0 unspecified atom stereocenters. The van der Waals surface area contributed by atoms with Crippen molar-refractivity contribution in [3.8, 4) is 0 Å². The highest BCUT2D eigenvalue weighted by Crippen LogP contribution is 2.10. The Morgan fingerprint density at radius 2 is 1.74 bits per heavy atom. The van der Waals surface area contributed by atoms with Crippen LogP contribution >= 0.6 is 0 Å². The van der Waals surface area contributed by atoms with Crippen LogP contribution in [0, 0.1) is 0 Å². The van der Waals surface area contributed by atoms with E-state index >= 15 is 0 Å². The molecule has 0 spiro atoms. The van der Waals surface area contributed by atoms with Crippen LogP contribution in [0.25, 0.3) is 0 Å². The van der Waals surface area contributed by atoms with Gasteiger partial charge in [-0.1, -0.05) is 0 Å². The molecule has 1 rings (SSSR count). The number of hydrogen-bond donors (Lipinski definition) is 3. The number of carbonyl (C=O) groups excluding carboxylic acids is 3. The molecule has 0 heterocycles. The molecule has 0 aliphatic heterocycles. The van der Waals surface area contributed by atoms with Crippen molar-refractivity contribution >= 4 is 23.6 Å². The Balaban J connectivity index is 2.27. The summed E-state index contributed by atoms with van der Waals surface area (Å²) in [6.45, 7) is 5.69. The molecule has 4 N–H and O–H groups in total. The first-order chi connectivity index (χ1) is 10.7. The Morgan fingerprint density at radius 3 is 2.26 bits per heavy atom. The van der Waals surface area contributed by atoms with Crippen LogP contribution < -0.4 is 16.4 Å². The molecule has 0 fully saturated rings. The number of carbonyl (C=O) groups is 3. The number of alkyl carbamates (subject to hydrolysis) is 1. The summed E-state index contributed by atoms with van der Waals surface area (Å²) < 4.78 is 5.08. The van der Waals surface area contributed by atoms with Crippen LogP contribution in [0.2, 0.25) is 0 Å². The first-order valence-corrected chi connectivity index (χ1v) is 7.34. The van der Waals surface area contributed by atoms with Crippen LogP contribution in [-0.2, 0) is 9.53 Å². The van der Waals surface area contributed by atoms with Crippen molar-refractivity contribution in [2.45, 2.75) is 39.2 Å². The van der Waals surface area contributed by atoms with Gasteiger partial charge in [-0.25, -0.2) is 4.79 Å². The smallest absolute Gasteiger partial charge is 0.407 e. The largest absolute Gasteiger partial charge is 0.444 e. The molecule has 0 saturated carbocycles. The van der Waals surface area contributed by atoms with Crippen molar-refractivity contribution < 1.29 is 19.1 Å². The molecule has 1 aromatic carbocycles. The Bertz CT molecular complexity index is 562. The molecule has 0 radical (unpaired) electrons. The van der Waals surface area contributed by atoms with E-state index in [0.717, 1.165) is 0 Å². The SMILES string of the molecule is CC(C)(C)OC(=O)NCCCC(=O)Nc1ccc(C(N)=O)cc1. The molecule has 0 aromatic heterocycles. The lowest BCUT2D eigenvalue weighted by Gasteiger charge is -2.19. The number of ether oxygens (including phenoxy) is 1. The van der Waals surface area contributed by atoms with Gasteiger partial charge in [-0.05, 0) is 51.5 Å². The minimum absolute atomic E-state index is 0.178. The minimum atomic E-state index is -0.543. The Kier molecular flexibility index (Phi) is 6.56. The summed E-state index contributed by atoms with van der Waals surface area (Å²) in [5, 5.41) is 5.29. The molecule has 1 aromatic rings. The maximum atomic E-state index is 11.8. The van der Waals surface area contributed by atoms with Gasteiger partial charge in [0.2, 0.25) is 11.8 Å². The highest BCUT2D eigenvalue weighted by Gasteiger charge is 2.15. The number of hydrogen-bond acceptors (Lipinski definition) is 4. The first kappa shape index (κ1) is 18.5. The summed E-state index contributed by atoms with van der Waals surface area (Å²) >= 11 is 0. The van der Waals surface area contributed by atoms with Gasteiger partial charge in [0.1, 0.15) is 5.60 Å². The third kappa shape index (κ3) is 7.85. The Hall–Kier alpha value is -2.57. The van der Waals surface area contributed by atoms with Gasteiger partial charge in [-0.3, -0.25) is 9.59 Å². The van der Waals surface area contributed by atoms with Crippen LogP contribution in [0.1, 0.15) is 44.0 Å². The molecular formula is C16H23N3O4. The van der Waals surface area contributed by atoms with E-state index in [2.05, 4.69) is 10.6 Å². The molecule has 0 aliphatic rings. The lowest BCUT2D eigenvalue weighted by atomic mass is 10.2. The van der Waals surface area contributed by atoms with Gasteiger partial charge >= 0.3 is 6.09 Å². The summed E-state index contributed by atoms with van der Waals surface area (Å²) in [5.41, 5.74) is 5.56. The van der Waals surface area contributed by atoms with Gasteiger partial charge in [-0.15, -0.1) is 0 Å². The fourth-order valence-corrected chi connectivity index (χ4v) is 1.69. The highest BCUT2D eigenvalue weighted by atomic mass is 16.6. The second-order valence-corrected chi connectivity index (χ2v) is 6.02. The summed E-state index contributed by atoms with van der Waals surface area (Å²) in [6.07, 6.45) is 0.248. The van der Waals surface area contributed by atoms with Crippen molar-refractivity contribution in [3.63, 3.8) is 0 Å². The number of rotatable bonds is 6. The molecule has 7 heteroatoms. The Morgan fingerprint density at radius 1 is 1.13 bits per heavy atom. The molecule has 3 amide bonds. The monoisotopic (exact) mass is 321 g/mol. The predicted molar refractivity (Wildman–Crippen MR) is 87.1 cm³/mol. The van der Waals surface area contributed by atoms with Gasteiger partial charge < -0.3 is 21.1 Å². The van der Waals surface area contributed by atoms with E-state index in [-0.39, 0.29) is 12.3 Å². The van der Waals surface area contributed by atoms with Crippen molar-refractivity contribution in [3.05, 3.63) is 29.8 Å². The summed E-state index contributed by atoms with van der Waals surface area (Å²) in [6, 6.07) is 6.30. The number of nitrogens with two attached hydrogens (primary N) is 1. The van der Waals surface area contributed by atoms with Crippen LogP contribution in [-0.4, -0.2) is 30.1 Å².